The lowest BCUT2D eigenvalue weighted by Gasteiger charge is -2.52. The summed E-state index contributed by atoms with van der Waals surface area (Å²) in [6.45, 7) is 6.54. The molecule has 2 saturated heterocycles. The number of pyridine rings is 1. The SMILES string of the molecule is CCOC(=O)[C@@]12CC[C@@H](N3CCOCC3)C[C@H]1CCN(C(=O)c1cncc(O)c1)C2. The van der Waals surface area contributed by atoms with Crippen LogP contribution in [0.2, 0.25) is 0 Å². The Morgan fingerprint density at radius 2 is 2.07 bits per heavy atom. The molecule has 1 amide bonds. The van der Waals surface area contributed by atoms with E-state index in [-0.39, 0.29) is 23.5 Å². The number of fused-ring (bicyclic) bond motifs is 1. The summed E-state index contributed by atoms with van der Waals surface area (Å²) < 4.78 is 11.0. The molecule has 0 radical (unpaired) electrons. The molecule has 1 saturated carbocycles. The number of carbonyl (C=O) groups is 2. The largest absolute Gasteiger partial charge is 0.506 e. The highest BCUT2D eigenvalue weighted by Crippen LogP contribution is 2.48. The van der Waals surface area contributed by atoms with E-state index in [1.807, 2.05) is 6.92 Å². The maximum atomic E-state index is 13.1. The van der Waals surface area contributed by atoms with Gasteiger partial charge in [-0.15, -0.1) is 0 Å². The van der Waals surface area contributed by atoms with Crippen LogP contribution in [0.1, 0.15) is 43.0 Å². The number of esters is 1. The van der Waals surface area contributed by atoms with E-state index < -0.39 is 5.41 Å². The Morgan fingerprint density at radius 1 is 1.27 bits per heavy atom. The summed E-state index contributed by atoms with van der Waals surface area (Å²) in [5, 5.41) is 9.69. The van der Waals surface area contributed by atoms with E-state index in [2.05, 4.69) is 9.88 Å². The lowest BCUT2D eigenvalue weighted by Crippen LogP contribution is -2.59. The molecule has 1 aromatic rings. The summed E-state index contributed by atoms with van der Waals surface area (Å²) >= 11 is 0. The van der Waals surface area contributed by atoms with Crippen molar-refractivity contribution in [2.45, 2.75) is 38.6 Å². The molecule has 30 heavy (non-hydrogen) atoms. The van der Waals surface area contributed by atoms with Crippen LogP contribution in [0, 0.1) is 11.3 Å². The number of ether oxygens (including phenoxy) is 2. The molecule has 8 heteroatoms. The van der Waals surface area contributed by atoms with Crippen molar-refractivity contribution in [3.63, 3.8) is 0 Å². The topological polar surface area (TPSA) is 92.2 Å². The van der Waals surface area contributed by atoms with Gasteiger partial charge in [-0.3, -0.25) is 19.5 Å². The third-order valence-corrected chi connectivity index (χ3v) is 6.98. The summed E-state index contributed by atoms with van der Waals surface area (Å²) in [6, 6.07) is 1.88. The molecule has 3 aliphatic rings. The molecule has 164 valence electrons. The number of morpholine rings is 1. The molecule has 0 spiro atoms. The summed E-state index contributed by atoms with van der Waals surface area (Å²) in [4.78, 5) is 34.4. The van der Waals surface area contributed by atoms with Crippen LogP contribution in [0.4, 0.5) is 0 Å². The minimum atomic E-state index is -0.656. The number of piperidine rings is 1. The Bertz CT molecular complexity index is 782. The van der Waals surface area contributed by atoms with Crippen LogP contribution in [0.25, 0.3) is 0 Å². The fourth-order valence-corrected chi connectivity index (χ4v) is 5.42. The number of hydrogen-bond donors (Lipinski definition) is 1. The standard InChI is InChI=1S/C22H31N3O5/c1-2-30-21(28)22-5-3-18(24-7-9-29-10-8-24)12-17(22)4-6-25(15-22)20(27)16-11-19(26)14-23-13-16/h11,13-14,17-18,26H,2-10,12,15H2,1H3/t17-,18-,22-/m1/s1. The first-order chi connectivity index (χ1) is 14.5. The quantitative estimate of drug-likeness (QED) is 0.745. The fourth-order valence-electron chi connectivity index (χ4n) is 5.42. The molecule has 8 nitrogen and oxygen atoms in total. The zero-order valence-electron chi connectivity index (χ0n) is 17.6. The average Bonchev–Trinajstić information content (AvgIpc) is 2.78. The first-order valence-electron chi connectivity index (χ1n) is 11.0. The van der Waals surface area contributed by atoms with Crippen molar-refractivity contribution in [3.05, 3.63) is 24.0 Å². The van der Waals surface area contributed by atoms with Crippen molar-refractivity contribution in [2.75, 3.05) is 46.0 Å². The number of rotatable bonds is 4. The molecule has 2 aliphatic heterocycles. The van der Waals surface area contributed by atoms with Gasteiger partial charge in [0.25, 0.3) is 5.91 Å². The van der Waals surface area contributed by atoms with Gasteiger partial charge in [0, 0.05) is 38.4 Å². The van der Waals surface area contributed by atoms with E-state index >= 15 is 0 Å². The van der Waals surface area contributed by atoms with E-state index in [1.165, 1.54) is 18.5 Å². The molecule has 1 aromatic heterocycles. The number of aromatic nitrogens is 1. The van der Waals surface area contributed by atoms with Crippen LogP contribution in [0.5, 0.6) is 5.75 Å². The van der Waals surface area contributed by atoms with E-state index in [9.17, 15) is 14.7 Å². The molecule has 3 fully saturated rings. The molecule has 1 aliphatic carbocycles. The summed E-state index contributed by atoms with van der Waals surface area (Å²) in [7, 11) is 0. The van der Waals surface area contributed by atoms with Crippen molar-refractivity contribution < 1.29 is 24.2 Å². The molecule has 1 N–H and O–H groups in total. The van der Waals surface area contributed by atoms with Crippen molar-refractivity contribution in [2.24, 2.45) is 11.3 Å². The highest BCUT2D eigenvalue weighted by atomic mass is 16.5. The van der Waals surface area contributed by atoms with Gasteiger partial charge in [0.2, 0.25) is 0 Å². The summed E-state index contributed by atoms with van der Waals surface area (Å²) in [6.07, 6.45) is 6.13. The second-order valence-corrected chi connectivity index (χ2v) is 8.60. The van der Waals surface area contributed by atoms with Gasteiger partial charge in [-0.05, 0) is 44.6 Å². The minimum absolute atomic E-state index is 0.0399. The van der Waals surface area contributed by atoms with Gasteiger partial charge in [0.1, 0.15) is 5.75 Å². The van der Waals surface area contributed by atoms with Crippen molar-refractivity contribution in [1.82, 2.24) is 14.8 Å². The molecule has 3 heterocycles. The smallest absolute Gasteiger partial charge is 0.314 e. The third-order valence-electron chi connectivity index (χ3n) is 6.98. The van der Waals surface area contributed by atoms with Crippen molar-refractivity contribution in [3.8, 4) is 5.75 Å². The molecule has 0 aromatic carbocycles. The van der Waals surface area contributed by atoms with Gasteiger partial charge in [0.05, 0.1) is 37.0 Å². The van der Waals surface area contributed by atoms with E-state index in [4.69, 9.17) is 9.47 Å². The third kappa shape index (κ3) is 4.03. The Hall–Kier alpha value is -2.19. The second-order valence-electron chi connectivity index (χ2n) is 8.60. The van der Waals surface area contributed by atoms with Gasteiger partial charge >= 0.3 is 5.97 Å². The number of hydrogen-bond acceptors (Lipinski definition) is 7. The lowest BCUT2D eigenvalue weighted by atomic mass is 9.61. The van der Waals surface area contributed by atoms with Crippen molar-refractivity contribution >= 4 is 11.9 Å². The zero-order chi connectivity index (χ0) is 21.1. The number of likely N-dealkylation sites (tertiary alicyclic amines) is 1. The van der Waals surface area contributed by atoms with E-state index in [0.29, 0.717) is 31.3 Å². The Morgan fingerprint density at radius 3 is 2.80 bits per heavy atom. The Balaban J connectivity index is 1.53. The van der Waals surface area contributed by atoms with Gasteiger partial charge in [-0.25, -0.2) is 0 Å². The molecular weight excluding hydrogens is 386 g/mol. The van der Waals surface area contributed by atoms with E-state index in [1.54, 1.807) is 4.90 Å². The molecule has 0 bridgehead atoms. The second kappa shape index (κ2) is 8.89. The van der Waals surface area contributed by atoms with Gasteiger partial charge in [0.15, 0.2) is 0 Å². The highest BCUT2D eigenvalue weighted by Gasteiger charge is 2.54. The molecular formula is C22H31N3O5. The maximum Gasteiger partial charge on any atom is 0.314 e. The van der Waals surface area contributed by atoms with Crippen LogP contribution in [0.15, 0.2) is 18.5 Å². The van der Waals surface area contributed by atoms with Crippen LogP contribution in [0.3, 0.4) is 0 Å². The number of amides is 1. The fraction of sp³-hybridized carbons (Fsp3) is 0.682. The summed E-state index contributed by atoms with van der Waals surface area (Å²) in [5.74, 6) is -0.218. The first kappa shape index (κ1) is 21.1. The lowest BCUT2D eigenvalue weighted by molar-refractivity contribution is -0.168. The zero-order valence-corrected chi connectivity index (χ0v) is 17.6. The Labute approximate surface area is 177 Å². The molecule has 4 rings (SSSR count). The van der Waals surface area contributed by atoms with Crippen LogP contribution >= 0.6 is 0 Å². The average molecular weight is 418 g/mol. The predicted molar refractivity (Wildman–Crippen MR) is 109 cm³/mol. The monoisotopic (exact) mass is 417 g/mol. The minimum Gasteiger partial charge on any atom is -0.506 e. The predicted octanol–water partition coefficient (Wildman–Crippen LogP) is 1.68. The Kier molecular flexibility index (Phi) is 6.24. The van der Waals surface area contributed by atoms with E-state index in [0.717, 1.165) is 52.0 Å². The number of nitrogens with zero attached hydrogens (tertiary/aromatic N) is 3. The van der Waals surface area contributed by atoms with Crippen LogP contribution in [-0.4, -0.2) is 83.8 Å². The molecule has 3 atom stereocenters. The van der Waals surface area contributed by atoms with Crippen LogP contribution < -0.4 is 0 Å². The maximum absolute atomic E-state index is 13.1. The van der Waals surface area contributed by atoms with Gasteiger partial charge < -0.3 is 19.5 Å². The highest BCUT2D eigenvalue weighted by molar-refractivity contribution is 5.95. The summed E-state index contributed by atoms with van der Waals surface area (Å²) in [5.41, 5.74) is -0.314. The van der Waals surface area contributed by atoms with Crippen molar-refractivity contribution in [1.29, 1.82) is 0 Å². The normalized spacial score (nSPS) is 29.8. The molecule has 0 unspecified atom stereocenters. The van der Waals surface area contributed by atoms with Gasteiger partial charge in [-0.2, -0.15) is 0 Å². The number of carbonyl (C=O) groups excluding carboxylic acids is 2. The van der Waals surface area contributed by atoms with Gasteiger partial charge in [-0.1, -0.05) is 0 Å². The van der Waals surface area contributed by atoms with Crippen LogP contribution in [-0.2, 0) is 14.3 Å². The first-order valence-corrected chi connectivity index (χ1v) is 11.0. The number of aromatic hydroxyl groups is 1.